The van der Waals surface area contributed by atoms with Crippen LogP contribution >= 0.6 is 11.8 Å². The zero-order valence-corrected chi connectivity index (χ0v) is 17.1. The van der Waals surface area contributed by atoms with Gasteiger partial charge in [0.05, 0.1) is 11.4 Å². The van der Waals surface area contributed by atoms with Gasteiger partial charge in [0.1, 0.15) is 23.2 Å². The van der Waals surface area contributed by atoms with Crippen LogP contribution in [0.3, 0.4) is 0 Å². The molecule has 1 atom stereocenters. The minimum atomic E-state index is -0.510. The van der Waals surface area contributed by atoms with Crippen molar-refractivity contribution >= 4 is 17.5 Å². The zero-order valence-electron chi connectivity index (χ0n) is 16.2. The number of halogens is 1. The highest BCUT2D eigenvalue weighted by Gasteiger charge is 2.29. The predicted octanol–water partition coefficient (Wildman–Crippen LogP) is 3.31. The fourth-order valence-corrected chi connectivity index (χ4v) is 4.28. The van der Waals surface area contributed by atoms with Crippen LogP contribution in [0.25, 0.3) is 11.3 Å². The second-order valence-electron chi connectivity index (χ2n) is 7.78. The summed E-state index contributed by atoms with van der Waals surface area (Å²) >= 11 is 1.30. The first-order chi connectivity index (χ1) is 13.2. The number of fused-ring (bicyclic) bond motifs is 1. The van der Waals surface area contributed by atoms with Crippen LogP contribution in [0.1, 0.15) is 45.4 Å². The second-order valence-corrected chi connectivity index (χ2v) is 8.76. The normalized spacial score (nSPS) is 16.4. The van der Waals surface area contributed by atoms with Crippen LogP contribution in [-0.2, 0) is 16.8 Å². The standard InChI is InChI=1S/C20H21FN4O2S/c1-5-15(26)12-9-25-18(27)13(7-22)16(24-19(25)28-10-12)11-6-14(21)17(23-8-11)20(2,3)4/h6,8,12H,5,9-10H2,1-4H3. The molecule has 28 heavy (non-hydrogen) atoms. The molecular formula is C20H21FN4O2S. The van der Waals surface area contributed by atoms with Crippen molar-refractivity contribution in [2.24, 2.45) is 5.92 Å². The minimum Gasteiger partial charge on any atom is -0.299 e. The molecule has 146 valence electrons. The summed E-state index contributed by atoms with van der Waals surface area (Å²) in [5.41, 5.74) is -0.434. The number of thioether (sulfide) groups is 1. The van der Waals surface area contributed by atoms with Crippen LogP contribution < -0.4 is 5.56 Å². The topological polar surface area (TPSA) is 88.6 Å². The molecule has 3 heterocycles. The molecule has 0 bridgehead atoms. The highest BCUT2D eigenvalue weighted by atomic mass is 32.2. The van der Waals surface area contributed by atoms with Crippen molar-refractivity contribution in [2.75, 3.05) is 5.75 Å². The minimum absolute atomic E-state index is 0.0803. The van der Waals surface area contributed by atoms with Gasteiger partial charge in [0.2, 0.25) is 0 Å². The largest absolute Gasteiger partial charge is 0.299 e. The van der Waals surface area contributed by atoms with Gasteiger partial charge in [0.15, 0.2) is 5.16 Å². The van der Waals surface area contributed by atoms with Crippen molar-refractivity contribution < 1.29 is 9.18 Å². The lowest BCUT2D eigenvalue weighted by Crippen LogP contribution is -2.35. The van der Waals surface area contributed by atoms with Crippen LogP contribution in [0.2, 0.25) is 0 Å². The molecule has 6 nitrogen and oxygen atoms in total. The van der Waals surface area contributed by atoms with Gasteiger partial charge in [-0.25, -0.2) is 9.37 Å². The van der Waals surface area contributed by atoms with Gasteiger partial charge < -0.3 is 0 Å². The maximum atomic E-state index is 14.6. The Morgan fingerprint density at radius 2 is 2.18 bits per heavy atom. The first-order valence-corrected chi connectivity index (χ1v) is 10.0. The summed E-state index contributed by atoms with van der Waals surface area (Å²) in [5, 5.41) is 9.98. The van der Waals surface area contributed by atoms with E-state index >= 15 is 0 Å². The molecule has 2 aromatic rings. The Labute approximate surface area is 166 Å². The van der Waals surface area contributed by atoms with Crippen LogP contribution in [-0.4, -0.2) is 26.1 Å². The molecule has 8 heteroatoms. The van der Waals surface area contributed by atoms with E-state index < -0.39 is 16.8 Å². The number of rotatable bonds is 3. The quantitative estimate of drug-likeness (QED) is 0.735. The van der Waals surface area contributed by atoms with E-state index in [0.717, 1.165) is 0 Å². The maximum absolute atomic E-state index is 14.6. The van der Waals surface area contributed by atoms with Crippen LogP contribution in [0.5, 0.6) is 0 Å². The third-order valence-electron chi connectivity index (χ3n) is 4.69. The Kier molecular flexibility index (Phi) is 5.39. The van der Waals surface area contributed by atoms with E-state index in [0.29, 0.717) is 23.0 Å². The van der Waals surface area contributed by atoms with Crippen molar-refractivity contribution in [3.8, 4) is 17.3 Å². The van der Waals surface area contributed by atoms with E-state index in [-0.39, 0.29) is 35.1 Å². The monoisotopic (exact) mass is 400 g/mol. The zero-order chi connectivity index (χ0) is 20.6. The van der Waals surface area contributed by atoms with Gasteiger partial charge in [-0.3, -0.25) is 19.1 Å². The van der Waals surface area contributed by atoms with Crippen molar-refractivity contribution in [3.05, 3.63) is 39.7 Å². The van der Waals surface area contributed by atoms with E-state index in [4.69, 9.17) is 0 Å². The lowest BCUT2D eigenvalue weighted by atomic mass is 9.90. The van der Waals surface area contributed by atoms with E-state index in [1.165, 1.54) is 28.6 Å². The van der Waals surface area contributed by atoms with Gasteiger partial charge >= 0.3 is 0 Å². The van der Waals surface area contributed by atoms with E-state index in [1.807, 2.05) is 26.8 Å². The highest BCUT2D eigenvalue weighted by molar-refractivity contribution is 7.99. The first-order valence-electron chi connectivity index (χ1n) is 9.04. The third kappa shape index (κ3) is 3.59. The maximum Gasteiger partial charge on any atom is 0.272 e. The van der Waals surface area contributed by atoms with Crippen molar-refractivity contribution in [3.63, 3.8) is 0 Å². The van der Waals surface area contributed by atoms with Gasteiger partial charge in [-0.1, -0.05) is 39.5 Å². The fraction of sp³-hybridized carbons (Fsp3) is 0.450. The lowest BCUT2D eigenvalue weighted by Gasteiger charge is -2.24. The molecule has 1 aliphatic heterocycles. The number of ketones is 1. The van der Waals surface area contributed by atoms with Crippen LogP contribution in [0.15, 0.2) is 22.2 Å². The van der Waals surface area contributed by atoms with E-state index in [2.05, 4.69) is 9.97 Å². The predicted molar refractivity (Wildman–Crippen MR) is 105 cm³/mol. The van der Waals surface area contributed by atoms with Crippen molar-refractivity contribution in [1.29, 1.82) is 5.26 Å². The van der Waals surface area contributed by atoms with Gasteiger partial charge in [-0.15, -0.1) is 0 Å². The Bertz CT molecular complexity index is 1050. The molecular weight excluding hydrogens is 379 g/mol. The van der Waals surface area contributed by atoms with E-state index in [9.17, 15) is 19.2 Å². The lowest BCUT2D eigenvalue weighted by molar-refractivity contribution is -0.122. The van der Waals surface area contributed by atoms with Gasteiger partial charge in [0.25, 0.3) is 5.56 Å². The van der Waals surface area contributed by atoms with Crippen molar-refractivity contribution in [1.82, 2.24) is 14.5 Å². The molecule has 0 aliphatic carbocycles. The second kappa shape index (κ2) is 7.47. The fourth-order valence-electron chi connectivity index (χ4n) is 3.17. The summed E-state index contributed by atoms with van der Waals surface area (Å²) in [6.07, 6.45) is 1.84. The number of carbonyl (C=O) groups is 1. The smallest absolute Gasteiger partial charge is 0.272 e. The number of nitriles is 1. The average Bonchev–Trinajstić information content (AvgIpc) is 2.65. The molecule has 1 unspecified atom stereocenters. The van der Waals surface area contributed by atoms with Crippen molar-refractivity contribution in [2.45, 2.75) is 51.2 Å². The summed E-state index contributed by atoms with van der Waals surface area (Å²) in [7, 11) is 0. The van der Waals surface area contributed by atoms with Crippen LogP contribution in [0, 0.1) is 23.1 Å². The Morgan fingerprint density at radius 1 is 1.46 bits per heavy atom. The van der Waals surface area contributed by atoms with Crippen LogP contribution in [0.4, 0.5) is 4.39 Å². The Hall–Kier alpha value is -2.53. The highest BCUT2D eigenvalue weighted by Crippen LogP contribution is 2.31. The summed E-state index contributed by atoms with van der Waals surface area (Å²) in [6, 6.07) is 3.16. The number of aromatic nitrogens is 3. The number of hydrogen-bond donors (Lipinski definition) is 0. The van der Waals surface area contributed by atoms with Gasteiger partial charge in [-0.05, 0) is 6.07 Å². The number of nitrogens with zero attached hydrogens (tertiary/aromatic N) is 4. The molecule has 0 saturated carbocycles. The Morgan fingerprint density at radius 3 is 2.75 bits per heavy atom. The summed E-state index contributed by atoms with van der Waals surface area (Å²) in [4.78, 5) is 33.5. The molecule has 0 spiro atoms. The number of carbonyl (C=O) groups excluding carboxylic acids is 1. The average molecular weight is 400 g/mol. The summed E-state index contributed by atoms with van der Waals surface area (Å²) in [5.74, 6) is -0.170. The SMILES string of the molecule is CCC(=O)C1CSc2nc(-c3cnc(C(C)(C)C)c(F)c3)c(C#N)c(=O)n2C1. The molecule has 0 radical (unpaired) electrons. The van der Waals surface area contributed by atoms with Gasteiger partial charge in [0, 0.05) is 41.8 Å². The molecule has 0 saturated heterocycles. The number of hydrogen-bond acceptors (Lipinski definition) is 6. The molecule has 0 aromatic carbocycles. The number of Topliss-reactive ketones (excluding diaryl/α,β-unsaturated/α-hetero) is 1. The molecule has 0 amide bonds. The molecule has 0 fully saturated rings. The Balaban J connectivity index is 2.11. The number of pyridine rings is 1. The van der Waals surface area contributed by atoms with E-state index in [1.54, 1.807) is 6.92 Å². The van der Waals surface area contributed by atoms with Gasteiger partial charge in [-0.2, -0.15) is 5.26 Å². The third-order valence-corrected chi connectivity index (χ3v) is 5.83. The molecule has 2 aromatic heterocycles. The molecule has 0 N–H and O–H groups in total. The molecule has 3 rings (SSSR count). The molecule has 1 aliphatic rings. The summed E-state index contributed by atoms with van der Waals surface area (Å²) < 4.78 is 16.0. The first kappa shape index (κ1) is 20.2. The summed E-state index contributed by atoms with van der Waals surface area (Å²) in [6.45, 7) is 7.56.